The highest BCUT2D eigenvalue weighted by Gasteiger charge is 2.28. The first-order valence-electron chi connectivity index (χ1n) is 11.1. The Labute approximate surface area is 211 Å². The maximum Gasteiger partial charge on any atom is 0.242 e. The Morgan fingerprint density at radius 3 is 2.33 bits per heavy atom. The van der Waals surface area contributed by atoms with Crippen LogP contribution < -0.4 is 10.1 Å². The van der Waals surface area contributed by atoms with Crippen molar-refractivity contribution in [1.82, 2.24) is 10.2 Å². The quantitative estimate of drug-likeness (QED) is 0.337. The second-order valence-electron chi connectivity index (χ2n) is 7.63. The van der Waals surface area contributed by atoms with Gasteiger partial charge in [0.2, 0.25) is 11.8 Å². The molecular formula is C25H32Cl2N2O3S. The maximum atomic E-state index is 13.3. The van der Waals surface area contributed by atoms with Crippen LogP contribution in [0.3, 0.4) is 0 Å². The van der Waals surface area contributed by atoms with Crippen molar-refractivity contribution < 1.29 is 14.3 Å². The number of nitrogens with zero attached hydrogens (tertiary/aromatic N) is 1. The van der Waals surface area contributed by atoms with E-state index in [9.17, 15) is 9.59 Å². The Hall–Kier alpha value is -1.89. The summed E-state index contributed by atoms with van der Waals surface area (Å²) in [6.45, 7) is 4.95. The van der Waals surface area contributed by atoms with Crippen molar-refractivity contribution >= 4 is 46.8 Å². The standard InChI is InChI=1S/C25H32Cl2N2O3S/c1-4-6-14-28-25(31)23(5-2)29(15-18-10-12-19(32-3)13-11-18)24(30)17-33-16-20-21(26)8-7-9-22(20)27/h7-13,23H,4-6,14-17H2,1-3H3,(H,28,31). The average molecular weight is 512 g/mol. The van der Waals surface area contributed by atoms with Crippen LogP contribution in [-0.4, -0.2) is 42.2 Å². The lowest BCUT2D eigenvalue weighted by Crippen LogP contribution is -2.49. The lowest BCUT2D eigenvalue weighted by Gasteiger charge is -2.30. The number of thioether (sulfide) groups is 1. The Morgan fingerprint density at radius 2 is 1.76 bits per heavy atom. The molecule has 1 N–H and O–H groups in total. The molecular weight excluding hydrogens is 479 g/mol. The van der Waals surface area contributed by atoms with Crippen LogP contribution >= 0.6 is 35.0 Å². The van der Waals surface area contributed by atoms with Crippen molar-refractivity contribution in [3.63, 3.8) is 0 Å². The van der Waals surface area contributed by atoms with Gasteiger partial charge in [-0.15, -0.1) is 11.8 Å². The van der Waals surface area contributed by atoms with Gasteiger partial charge in [0.05, 0.1) is 12.9 Å². The predicted molar refractivity (Wildman–Crippen MR) is 138 cm³/mol. The molecule has 0 aromatic heterocycles. The molecule has 0 heterocycles. The van der Waals surface area contributed by atoms with Crippen LogP contribution in [0.4, 0.5) is 0 Å². The van der Waals surface area contributed by atoms with Crippen molar-refractivity contribution in [2.75, 3.05) is 19.4 Å². The minimum Gasteiger partial charge on any atom is -0.497 e. The summed E-state index contributed by atoms with van der Waals surface area (Å²) in [4.78, 5) is 27.9. The van der Waals surface area contributed by atoms with Gasteiger partial charge in [-0.1, -0.05) is 61.7 Å². The molecule has 0 aliphatic carbocycles. The second-order valence-corrected chi connectivity index (χ2v) is 9.43. The van der Waals surface area contributed by atoms with Gasteiger partial charge in [0.15, 0.2) is 0 Å². The average Bonchev–Trinajstić information content (AvgIpc) is 2.81. The number of ether oxygens (including phenoxy) is 1. The van der Waals surface area contributed by atoms with E-state index < -0.39 is 6.04 Å². The number of unbranched alkanes of at least 4 members (excludes halogenated alkanes) is 1. The molecule has 0 bridgehead atoms. The van der Waals surface area contributed by atoms with Crippen molar-refractivity contribution in [3.8, 4) is 5.75 Å². The van der Waals surface area contributed by atoms with Gasteiger partial charge >= 0.3 is 0 Å². The summed E-state index contributed by atoms with van der Waals surface area (Å²) in [6, 6.07) is 12.4. The minimum absolute atomic E-state index is 0.100. The zero-order valence-electron chi connectivity index (χ0n) is 19.4. The summed E-state index contributed by atoms with van der Waals surface area (Å²) in [5.74, 6) is 1.26. The lowest BCUT2D eigenvalue weighted by molar-refractivity contribution is -0.139. The first kappa shape index (κ1) is 27.4. The highest BCUT2D eigenvalue weighted by molar-refractivity contribution is 7.99. The number of benzene rings is 2. The summed E-state index contributed by atoms with van der Waals surface area (Å²) in [7, 11) is 1.61. The Balaban J connectivity index is 2.14. The molecule has 0 fully saturated rings. The van der Waals surface area contributed by atoms with Gasteiger partial charge in [0.1, 0.15) is 11.8 Å². The number of carbonyl (C=O) groups excluding carboxylic acids is 2. The van der Waals surface area contributed by atoms with E-state index in [2.05, 4.69) is 12.2 Å². The Kier molecular flexibility index (Phi) is 11.9. The molecule has 0 radical (unpaired) electrons. The molecule has 1 atom stereocenters. The monoisotopic (exact) mass is 510 g/mol. The molecule has 0 aliphatic heterocycles. The highest BCUT2D eigenvalue weighted by Crippen LogP contribution is 2.28. The van der Waals surface area contributed by atoms with Crippen molar-refractivity contribution in [2.24, 2.45) is 0 Å². The molecule has 33 heavy (non-hydrogen) atoms. The third-order valence-electron chi connectivity index (χ3n) is 5.26. The molecule has 0 saturated carbocycles. The minimum atomic E-state index is -0.541. The summed E-state index contributed by atoms with van der Waals surface area (Å²) >= 11 is 14.0. The van der Waals surface area contributed by atoms with Crippen LogP contribution in [0, 0.1) is 0 Å². The topological polar surface area (TPSA) is 58.6 Å². The SMILES string of the molecule is CCCCNC(=O)C(CC)N(Cc1ccc(OC)cc1)C(=O)CSCc1c(Cl)cccc1Cl. The second kappa shape index (κ2) is 14.4. The van der Waals surface area contributed by atoms with Crippen LogP contribution in [0.1, 0.15) is 44.2 Å². The fraction of sp³-hybridized carbons (Fsp3) is 0.440. The van der Waals surface area contributed by atoms with Gasteiger partial charge < -0.3 is 15.0 Å². The summed E-state index contributed by atoms with van der Waals surface area (Å²) < 4.78 is 5.23. The molecule has 2 aromatic carbocycles. The number of rotatable bonds is 13. The number of amides is 2. The maximum absolute atomic E-state index is 13.3. The largest absolute Gasteiger partial charge is 0.497 e. The van der Waals surface area contributed by atoms with Crippen molar-refractivity contribution in [1.29, 1.82) is 0 Å². The number of nitrogens with one attached hydrogen (secondary N) is 1. The van der Waals surface area contributed by atoms with E-state index in [1.54, 1.807) is 30.2 Å². The third kappa shape index (κ3) is 8.43. The van der Waals surface area contributed by atoms with Crippen LogP contribution in [0.25, 0.3) is 0 Å². The van der Waals surface area contributed by atoms with Crippen LogP contribution in [0.15, 0.2) is 42.5 Å². The molecule has 2 aromatic rings. The molecule has 0 aliphatic rings. The van der Waals surface area contributed by atoms with Crippen LogP contribution in [-0.2, 0) is 21.9 Å². The number of hydrogen-bond donors (Lipinski definition) is 1. The number of hydrogen-bond acceptors (Lipinski definition) is 4. The van der Waals surface area contributed by atoms with Crippen LogP contribution in [0.5, 0.6) is 5.75 Å². The molecule has 0 saturated heterocycles. The zero-order valence-corrected chi connectivity index (χ0v) is 21.7. The zero-order chi connectivity index (χ0) is 24.2. The first-order valence-corrected chi connectivity index (χ1v) is 13.0. The van der Waals surface area contributed by atoms with Gasteiger partial charge in [0, 0.05) is 28.9 Å². The van der Waals surface area contributed by atoms with E-state index in [0.29, 0.717) is 35.3 Å². The van der Waals surface area contributed by atoms with Gasteiger partial charge in [0.25, 0.3) is 0 Å². The van der Waals surface area contributed by atoms with Gasteiger partial charge in [-0.25, -0.2) is 0 Å². The molecule has 1 unspecified atom stereocenters. The molecule has 8 heteroatoms. The molecule has 2 rings (SSSR count). The Morgan fingerprint density at radius 1 is 1.09 bits per heavy atom. The van der Waals surface area contributed by atoms with E-state index >= 15 is 0 Å². The first-order chi connectivity index (χ1) is 15.9. The molecule has 0 spiro atoms. The number of halogens is 2. The fourth-order valence-electron chi connectivity index (χ4n) is 3.35. The molecule has 2 amide bonds. The third-order valence-corrected chi connectivity index (χ3v) is 6.91. The van der Waals surface area contributed by atoms with E-state index in [4.69, 9.17) is 27.9 Å². The van der Waals surface area contributed by atoms with E-state index in [1.807, 2.05) is 31.2 Å². The van der Waals surface area contributed by atoms with Crippen LogP contribution in [0.2, 0.25) is 10.0 Å². The van der Waals surface area contributed by atoms with E-state index in [-0.39, 0.29) is 17.6 Å². The summed E-state index contributed by atoms with van der Waals surface area (Å²) in [5.41, 5.74) is 1.74. The Bertz CT molecular complexity index is 889. The summed E-state index contributed by atoms with van der Waals surface area (Å²) in [5, 5.41) is 4.14. The predicted octanol–water partition coefficient (Wildman–Crippen LogP) is 5.96. The van der Waals surface area contributed by atoms with E-state index in [0.717, 1.165) is 29.7 Å². The van der Waals surface area contributed by atoms with Crippen molar-refractivity contribution in [3.05, 3.63) is 63.6 Å². The van der Waals surface area contributed by atoms with Crippen molar-refractivity contribution in [2.45, 2.75) is 51.4 Å². The molecule has 180 valence electrons. The van der Waals surface area contributed by atoms with Gasteiger partial charge in [-0.3, -0.25) is 9.59 Å². The van der Waals surface area contributed by atoms with Gasteiger partial charge in [-0.2, -0.15) is 0 Å². The molecule has 5 nitrogen and oxygen atoms in total. The lowest BCUT2D eigenvalue weighted by atomic mass is 10.1. The fourth-order valence-corrected chi connectivity index (χ4v) is 4.99. The van der Waals surface area contributed by atoms with E-state index in [1.165, 1.54) is 11.8 Å². The number of methoxy groups -OCH3 is 1. The highest BCUT2D eigenvalue weighted by atomic mass is 35.5. The summed E-state index contributed by atoms with van der Waals surface area (Å²) in [6.07, 6.45) is 2.43. The smallest absolute Gasteiger partial charge is 0.242 e. The number of carbonyl (C=O) groups is 2. The van der Waals surface area contributed by atoms with Gasteiger partial charge in [-0.05, 0) is 48.2 Å². The normalized spacial score (nSPS) is 11.7.